The fourth-order valence-corrected chi connectivity index (χ4v) is 2.26. The van der Waals surface area contributed by atoms with Crippen LogP contribution in [0.2, 0.25) is 0 Å². The van der Waals surface area contributed by atoms with Gasteiger partial charge in [0.25, 0.3) is 0 Å². The van der Waals surface area contributed by atoms with E-state index in [-0.39, 0.29) is 5.78 Å². The quantitative estimate of drug-likeness (QED) is 0.654. The van der Waals surface area contributed by atoms with Crippen LogP contribution in [-0.2, 0) is 0 Å². The van der Waals surface area contributed by atoms with Crippen molar-refractivity contribution in [1.82, 2.24) is 0 Å². The van der Waals surface area contributed by atoms with E-state index in [2.05, 4.69) is 26.0 Å². The molecule has 0 saturated heterocycles. The second kappa shape index (κ2) is 6.00. The second-order valence-corrected chi connectivity index (χ2v) is 5.60. The van der Waals surface area contributed by atoms with Gasteiger partial charge in [-0.25, -0.2) is 0 Å². The molecule has 110 valence electrons. The Hall–Kier alpha value is -2.29. The van der Waals surface area contributed by atoms with E-state index in [1.165, 1.54) is 6.92 Å². The summed E-state index contributed by atoms with van der Waals surface area (Å²) in [6.45, 7) is 7.79. The molecule has 0 spiro atoms. The molecule has 3 heteroatoms. The molecule has 2 aromatic rings. The number of carbonyl (C=O) groups excluding carboxylic acids is 1. The van der Waals surface area contributed by atoms with Crippen molar-refractivity contribution in [3.05, 3.63) is 53.1 Å². The molecule has 0 unspecified atom stereocenters. The van der Waals surface area contributed by atoms with E-state index < -0.39 is 0 Å². The lowest BCUT2D eigenvalue weighted by Gasteiger charge is -2.15. The first-order chi connectivity index (χ1) is 9.88. The molecule has 0 amide bonds. The molecule has 0 atom stereocenters. The van der Waals surface area contributed by atoms with Crippen molar-refractivity contribution >= 4 is 11.5 Å². The number of carbonyl (C=O) groups is 1. The van der Waals surface area contributed by atoms with Crippen molar-refractivity contribution in [2.45, 2.75) is 33.6 Å². The van der Waals surface area contributed by atoms with Crippen LogP contribution in [0.15, 0.2) is 36.4 Å². The number of aryl methyl sites for hydroxylation is 1. The molecule has 2 rings (SSSR count). The highest BCUT2D eigenvalue weighted by molar-refractivity contribution is 5.99. The lowest BCUT2D eigenvalue weighted by molar-refractivity contribution is 0.101. The van der Waals surface area contributed by atoms with Crippen molar-refractivity contribution < 1.29 is 9.53 Å². The van der Waals surface area contributed by atoms with Gasteiger partial charge in [0.2, 0.25) is 0 Å². The van der Waals surface area contributed by atoms with Crippen LogP contribution in [0.1, 0.15) is 48.2 Å². The Morgan fingerprint density at radius 1 is 1.14 bits per heavy atom. The van der Waals surface area contributed by atoms with E-state index in [0.29, 0.717) is 22.9 Å². The third-order valence-electron chi connectivity index (χ3n) is 3.42. The number of hydrogen-bond donors (Lipinski definition) is 1. The van der Waals surface area contributed by atoms with Gasteiger partial charge in [-0.05, 0) is 49.1 Å². The number of rotatable bonds is 4. The van der Waals surface area contributed by atoms with Gasteiger partial charge in [-0.1, -0.05) is 26.0 Å². The fourth-order valence-electron chi connectivity index (χ4n) is 2.26. The summed E-state index contributed by atoms with van der Waals surface area (Å²) < 4.78 is 5.98. The normalized spacial score (nSPS) is 10.7. The van der Waals surface area contributed by atoms with Gasteiger partial charge >= 0.3 is 0 Å². The Morgan fingerprint density at radius 3 is 2.43 bits per heavy atom. The van der Waals surface area contributed by atoms with E-state index in [4.69, 9.17) is 10.5 Å². The van der Waals surface area contributed by atoms with Gasteiger partial charge in [-0.15, -0.1) is 0 Å². The molecule has 0 heterocycles. The van der Waals surface area contributed by atoms with Gasteiger partial charge in [-0.2, -0.15) is 0 Å². The lowest BCUT2D eigenvalue weighted by Crippen LogP contribution is -2.00. The number of nitrogen functional groups attached to an aromatic ring is 1. The predicted octanol–water partition coefficient (Wildman–Crippen LogP) is 4.70. The number of anilines is 1. The minimum atomic E-state index is -0.0440. The standard InChI is InChI=1S/C18H21NO2/c1-11(2)15-7-5-12(3)9-18(15)21-14-6-8-16(13(4)20)17(19)10-14/h5-11H,19H2,1-4H3. The number of ether oxygens (including phenoxy) is 1. The summed E-state index contributed by atoms with van der Waals surface area (Å²) >= 11 is 0. The minimum absolute atomic E-state index is 0.0440. The third-order valence-corrected chi connectivity index (χ3v) is 3.42. The molecule has 0 aliphatic heterocycles. The molecule has 2 N–H and O–H groups in total. The van der Waals surface area contributed by atoms with Crippen LogP contribution in [0.25, 0.3) is 0 Å². The van der Waals surface area contributed by atoms with E-state index in [1.54, 1.807) is 18.2 Å². The molecule has 0 aliphatic rings. The maximum Gasteiger partial charge on any atom is 0.161 e. The first-order valence-electron chi connectivity index (χ1n) is 7.07. The van der Waals surface area contributed by atoms with Crippen LogP contribution < -0.4 is 10.5 Å². The fraction of sp³-hybridized carbons (Fsp3) is 0.278. The average molecular weight is 283 g/mol. The Balaban J connectivity index is 2.36. The maximum atomic E-state index is 11.4. The largest absolute Gasteiger partial charge is 0.457 e. The summed E-state index contributed by atoms with van der Waals surface area (Å²) in [6.07, 6.45) is 0. The minimum Gasteiger partial charge on any atom is -0.457 e. The molecule has 0 radical (unpaired) electrons. The van der Waals surface area contributed by atoms with Gasteiger partial charge < -0.3 is 10.5 Å². The van der Waals surface area contributed by atoms with Gasteiger partial charge in [0.1, 0.15) is 11.5 Å². The first kappa shape index (κ1) is 15.1. The number of hydrogen-bond acceptors (Lipinski definition) is 3. The van der Waals surface area contributed by atoms with E-state index in [9.17, 15) is 4.79 Å². The molecule has 0 aliphatic carbocycles. The average Bonchev–Trinajstić information content (AvgIpc) is 2.37. The van der Waals surface area contributed by atoms with Crippen LogP contribution in [-0.4, -0.2) is 5.78 Å². The Morgan fingerprint density at radius 2 is 1.86 bits per heavy atom. The van der Waals surface area contributed by atoms with E-state index in [0.717, 1.165) is 16.9 Å². The molecule has 2 aromatic carbocycles. The highest BCUT2D eigenvalue weighted by Crippen LogP contribution is 2.32. The number of benzene rings is 2. The Bertz CT molecular complexity index is 675. The molecule has 0 bridgehead atoms. The van der Waals surface area contributed by atoms with Gasteiger partial charge in [0.15, 0.2) is 5.78 Å². The topological polar surface area (TPSA) is 52.3 Å². The highest BCUT2D eigenvalue weighted by Gasteiger charge is 2.11. The summed E-state index contributed by atoms with van der Waals surface area (Å²) in [6, 6.07) is 11.4. The smallest absolute Gasteiger partial charge is 0.161 e. The highest BCUT2D eigenvalue weighted by atomic mass is 16.5. The SMILES string of the molecule is CC(=O)c1ccc(Oc2cc(C)ccc2C(C)C)cc1N. The Labute approximate surface area is 125 Å². The van der Waals surface area contributed by atoms with Crippen molar-refractivity contribution in [1.29, 1.82) is 0 Å². The molecule has 3 nitrogen and oxygen atoms in total. The molecule has 0 fully saturated rings. The summed E-state index contributed by atoms with van der Waals surface area (Å²) in [5.41, 5.74) is 9.16. The second-order valence-electron chi connectivity index (χ2n) is 5.60. The predicted molar refractivity (Wildman–Crippen MR) is 86.2 cm³/mol. The van der Waals surface area contributed by atoms with Crippen molar-refractivity contribution in [3.63, 3.8) is 0 Å². The van der Waals surface area contributed by atoms with Crippen molar-refractivity contribution in [2.24, 2.45) is 0 Å². The molecule has 0 aromatic heterocycles. The zero-order valence-electron chi connectivity index (χ0n) is 12.9. The third kappa shape index (κ3) is 3.43. The molecular formula is C18H21NO2. The van der Waals surface area contributed by atoms with Crippen LogP contribution in [0.4, 0.5) is 5.69 Å². The number of Topliss-reactive ketones (excluding diaryl/α,β-unsaturated/α-hetero) is 1. The van der Waals surface area contributed by atoms with Gasteiger partial charge in [0, 0.05) is 17.3 Å². The zero-order chi connectivity index (χ0) is 15.6. The van der Waals surface area contributed by atoms with Gasteiger partial charge in [0.05, 0.1) is 0 Å². The number of ketones is 1. The van der Waals surface area contributed by atoms with E-state index in [1.807, 2.05) is 13.0 Å². The molecule has 21 heavy (non-hydrogen) atoms. The maximum absolute atomic E-state index is 11.4. The summed E-state index contributed by atoms with van der Waals surface area (Å²) in [5.74, 6) is 1.80. The van der Waals surface area contributed by atoms with Crippen LogP contribution in [0.3, 0.4) is 0 Å². The van der Waals surface area contributed by atoms with Gasteiger partial charge in [-0.3, -0.25) is 4.79 Å². The lowest BCUT2D eigenvalue weighted by atomic mass is 10.0. The molecule has 0 saturated carbocycles. The summed E-state index contributed by atoms with van der Waals surface area (Å²) in [7, 11) is 0. The molecular weight excluding hydrogens is 262 g/mol. The van der Waals surface area contributed by atoms with Crippen LogP contribution >= 0.6 is 0 Å². The van der Waals surface area contributed by atoms with E-state index >= 15 is 0 Å². The number of nitrogens with two attached hydrogens (primary N) is 1. The van der Waals surface area contributed by atoms with Crippen LogP contribution in [0, 0.1) is 6.92 Å². The monoisotopic (exact) mass is 283 g/mol. The first-order valence-corrected chi connectivity index (χ1v) is 7.07. The van der Waals surface area contributed by atoms with Crippen molar-refractivity contribution in [2.75, 3.05) is 5.73 Å². The zero-order valence-corrected chi connectivity index (χ0v) is 12.9. The summed E-state index contributed by atoms with van der Waals surface area (Å²) in [4.78, 5) is 11.4. The van der Waals surface area contributed by atoms with Crippen LogP contribution in [0.5, 0.6) is 11.5 Å². The van der Waals surface area contributed by atoms with Crippen molar-refractivity contribution in [3.8, 4) is 11.5 Å². The Kier molecular flexibility index (Phi) is 4.32. The summed E-state index contributed by atoms with van der Waals surface area (Å²) in [5, 5.41) is 0.